The Hall–Kier alpha value is -1.49. The molecule has 1 aliphatic rings. The van der Waals surface area contributed by atoms with E-state index in [1.54, 1.807) is 6.20 Å². The average Bonchev–Trinajstić information content (AvgIpc) is 2.41. The molecular formula is C12H18N4O. The fraction of sp³-hybridized carbons (Fsp3) is 0.583. The summed E-state index contributed by atoms with van der Waals surface area (Å²) in [6, 6.07) is 1.85. The van der Waals surface area contributed by atoms with Crippen molar-refractivity contribution in [1.82, 2.24) is 20.2 Å². The highest BCUT2D eigenvalue weighted by Gasteiger charge is 2.15. The minimum atomic E-state index is 0.193. The first-order valence-corrected chi connectivity index (χ1v) is 6.09. The highest BCUT2D eigenvalue weighted by atomic mass is 16.2. The number of amides is 1. The average molecular weight is 234 g/mol. The van der Waals surface area contributed by atoms with Crippen molar-refractivity contribution in [1.29, 1.82) is 0 Å². The van der Waals surface area contributed by atoms with Gasteiger partial charge in [0.25, 0.3) is 0 Å². The van der Waals surface area contributed by atoms with Crippen LogP contribution in [0.25, 0.3) is 0 Å². The predicted molar refractivity (Wildman–Crippen MR) is 64.2 cm³/mol. The van der Waals surface area contributed by atoms with Crippen molar-refractivity contribution < 1.29 is 4.79 Å². The maximum atomic E-state index is 11.8. The van der Waals surface area contributed by atoms with E-state index in [1.165, 1.54) is 12.7 Å². The Kier molecular flexibility index (Phi) is 4.44. The van der Waals surface area contributed by atoms with Gasteiger partial charge in [0.15, 0.2) is 0 Å². The minimum Gasteiger partial charge on any atom is -0.342 e. The first kappa shape index (κ1) is 12.0. The van der Waals surface area contributed by atoms with Crippen LogP contribution in [-0.4, -0.2) is 40.4 Å². The molecule has 5 heteroatoms. The second kappa shape index (κ2) is 6.30. The van der Waals surface area contributed by atoms with E-state index >= 15 is 0 Å². The first-order valence-electron chi connectivity index (χ1n) is 6.09. The molecule has 0 unspecified atom stereocenters. The molecule has 92 valence electrons. The number of rotatable bonds is 4. The topological polar surface area (TPSA) is 58.1 Å². The molecule has 1 amide bonds. The van der Waals surface area contributed by atoms with E-state index in [-0.39, 0.29) is 5.91 Å². The molecule has 1 aromatic rings. The van der Waals surface area contributed by atoms with Crippen LogP contribution < -0.4 is 5.32 Å². The molecular weight excluding hydrogens is 216 g/mol. The highest BCUT2D eigenvalue weighted by molar-refractivity contribution is 5.78. The number of hydrogen-bond acceptors (Lipinski definition) is 4. The Morgan fingerprint density at radius 2 is 2.18 bits per heavy atom. The van der Waals surface area contributed by atoms with Crippen LogP contribution in [0.1, 0.15) is 25.0 Å². The summed E-state index contributed by atoms with van der Waals surface area (Å²) in [5.41, 5.74) is 0.909. The van der Waals surface area contributed by atoms with Crippen LogP contribution in [0, 0.1) is 0 Å². The molecule has 2 heterocycles. The molecule has 1 N–H and O–H groups in total. The summed E-state index contributed by atoms with van der Waals surface area (Å²) in [6.07, 6.45) is 6.74. The maximum Gasteiger partial charge on any atom is 0.236 e. The van der Waals surface area contributed by atoms with E-state index in [0.717, 1.165) is 31.6 Å². The lowest BCUT2D eigenvalue weighted by molar-refractivity contribution is -0.131. The largest absolute Gasteiger partial charge is 0.342 e. The van der Waals surface area contributed by atoms with Gasteiger partial charge in [-0.05, 0) is 25.3 Å². The summed E-state index contributed by atoms with van der Waals surface area (Å²) >= 11 is 0. The molecule has 1 aliphatic heterocycles. The fourth-order valence-corrected chi connectivity index (χ4v) is 1.98. The Morgan fingerprint density at radius 3 is 2.88 bits per heavy atom. The van der Waals surface area contributed by atoms with Crippen LogP contribution >= 0.6 is 0 Å². The number of aromatic nitrogens is 2. The van der Waals surface area contributed by atoms with Gasteiger partial charge in [-0.1, -0.05) is 0 Å². The van der Waals surface area contributed by atoms with Crippen molar-refractivity contribution in [3.05, 3.63) is 24.3 Å². The van der Waals surface area contributed by atoms with Gasteiger partial charge in [-0.2, -0.15) is 0 Å². The summed E-state index contributed by atoms with van der Waals surface area (Å²) in [6.45, 7) is 2.83. The normalized spacial score (nSPS) is 15.9. The van der Waals surface area contributed by atoms with Crippen LogP contribution in [0.15, 0.2) is 18.6 Å². The van der Waals surface area contributed by atoms with Gasteiger partial charge < -0.3 is 10.2 Å². The van der Waals surface area contributed by atoms with Gasteiger partial charge in [-0.25, -0.2) is 9.97 Å². The van der Waals surface area contributed by atoms with Crippen molar-refractivity contribution in [2.75, 3.05) is 19.6 Å². The van der Waals surface area contributed by atoms with Gasteiger partial charge in [0.1, 0.15) is 6.33 Å². The SMILES string of the molecule is O=C(CNCc1ccncn1)N1CCCCC1. The molecule has 17 heavy (non-hydrogen) atoms. The fourth-order valence-electron chi connectivity index (χ4n) is 1.98. The molecule has 5 nitrogen and oxygen atoms in total. The molecule has 0 aromatic carbocycles. The molecule has 1 saturated heterocycles. The van der Waals surface area contributed by atoms with E-state index in [1.807, 2.05) is 11.0 Å². The van der Waals surface area contributed by atoms with E-state index < -0.39 is 0 Å². The summed E-state index contributed by atoms with van der Waals surface area (Å²) < 4.78 is 0. The van der Waals surface area contributed by atoms with Crippen molar-refractivity contribution >= 4 is 5.91 Å². The zero-order chi connectivity index (χ0) is 11.9. The molecule has 1 aromatic heterocycles. The summed E-state index contributed by atoms with van der Waals surface area (Å²) in [4.78, 5) is 21.7. The van der Waals surface area contributed by atoms with Crippen molar-refractivity contribution in [3.8, 4) is 0 Å². The maximum absolute atomic E-state index is 11.8. The van der Waals surface area contributed by atoms with Crippen molar-refractivity contribution in [2.45, 2.75) is 25.8 Å². The molecule has 0 spiro atoms. The number of carbonyl (C=O) groups is 1. The molecule has 0 radical (unpaired) electrons. The van der Waals surface area contributed by atoms with E-state index in [4.69, 9.17) is 0 Å². The molecule has 0 saturated carbocycles. The summed E-state index contributed by atoms with van der Waals surface area (Å²) in [5, 5.41) is 3.12. The van der Waals surface area contributed by atoms with Gasteiger partial charge in [-0.15, -0.1) is 0 Å². The summed E-state index contributed by atoms with van der Waals surface area (Å²) in [7, 11) is 0. The predicted octanol–water partition coefficient (Wildman–Crippen LogP) is 0.579. The molecule has 1 fully saturated rings. The third-order valence-electron chi connectivity index (χ3n) is 2.93. The molecule has 2 rings (SSSR count). The lowest BCUT2D eigenvalue weighted by Crippen LogP contribution is -2.41. The third-order valence-corrected chi connectivity index (χ3v) is 2.93. The number of hydrogen-bond donors (Lipinski definition) is 1. The Labute approximate surface area is 101 Å². The lowest BCUT2D eigenvalue weighted by atomic mass is 10.1. The monoisotopic (exact) mass is 234 g/mol. The smallest absolute Gasteiger partial charge is 0.236 e. The highest BCUT2D eigenvalue weighted by Crippen LogP contribution is 2.08. The van der Waals surface area contributed by atoms with E-state index in [2.05, 4.69) is 15.3 Å². The quantitative estimate of drug-likeness (QED) is 0.828. The number of likely N-dealkylation sites (tertiary alicyclic amines) is 1. The zero-order valence-corrected chi connectivity index (χ0v) is 9.93. The first-order chi connectivity index (χ1) is 8.36. The van der Waals surface area contributed by atoms with Crippen molar-refractivity contribution in [3.63, 3.8) is 0 Å². The zero-order valence-electron chi connectivity index (χ0n) is 9.93. The second-order valence-electron chi connectivity index (χ2n) is 4.25. The van der Waals surface area contributed by atoms with Crippen LogP contribution in [-0.2, 0) is 11.3 Å². The standard InChI is InChI=1S/C12H18N4O/c17-12(16-6-2-1-3-7-16)9-14-8-11-4-5-13-10-15-11/h4-5,10,14H,1-3,6-9H2. The number of nitrogens with one attached hydrogen (secondary N) is 1. The van der Waals surface area contributed by atoms with Crippen LogP contribution in [0.3, 0.4) is 0 Å². The summed E-state index contributed by atoms with van der Waals surface area (Å²) in [5.74, 6) is 0.193. The molecule has 0 aliphatic carbocycles. The van der Waals surface area contributed by atoms with Crippen LogP contribution in [0.4, 0.5) is 0 Å². The van der Waals surface area contributed by atoms with E-state index in [9.17, 15) is 4.79 Å². The number of piperidine rings is 1. The Balaban J connectivity index is 1.69. The third kappa shape index (κ3) is 3.78. The van der Waals surface area contributed by atoms with Gasteiger partial charge in [0, 0.05) is 25.8 Å². The van der Waals surface area contributed by atoms with Gasteiger partial charge in [0.2, 0.25) is 5.91 Å². The molecule has 0 atom stereocenters. The Bertz CT molecular complexity index is 349. The van der Waals surface area contributed by atoms with Crippen LogP contribution in [0.2, 0.25) is 0 Å². The van der Waals surface area contributed by atoms with Crippen LogP contribution in [0.5, 0.6) is 0 Å². The number of carbonyl (C=O) groups excluding carboxylic acids is 1. The van der Waals surface area contributed by atoms with Gasteiger partial charge in [-0.3, -0.25) is 4.79 Å². The number of nitrogens with zero attached hydrogens (tertiary/aromatic N) is 3. The molecule has 0 bridgehead atoms. The minimum absolute atomic E-state index is 0.193. The van der Waals surface area contributed by atoms with Gasteiger partial charge in [0.05, 0.1) is 12.2 Å². The van der Waals surface area contributed by atoms with E-state index in [0.29, 0.717) is 13.1 Å². The lowest BCUT2D eigenvalue weighted by Gasteiger charge is -2.26. The van der Waals surface area contributed by atoms with Crippen molar-refractivity contribution in [2.24, 2.45) is 0 Å². The Morgan fingerprint density at radius 1 is 1.35 bits per heavy atom. The second-order valence-corrected chi connectivity index (χ2v) is 4.25. The van der Waals surface area contributed by atoms with Gasteiger partial charge >= 0.3 is 0 Å².